The lowest BCUT2D eigenvalue weighted by atomic mass is 10.2. The Kier molecular flexibility index (Phi) is 5.43. The van der Waals surface area contributed by atoms with Gasteiger partial charge >= 0.3 is 0 Å². The first-order valence-electron chi connectivity index (χ1n) is 8.41. The molecule has 0 atom stereocenters. The third-order valence-electron chi connectivity index (χ3n) is 4.00. The first-order chi connectivity index (χ1) is 13.6. The smallest absolute Gasteiger partial charge is 0.266 e. The van der Waals surface area contributed by atoms with Crippen molar-refractivity contribution in [3.63, 3.8) is 0 Å². The number of rotatable bonds is 6. The molecule has 1 aromatic carbocycles. The number of halogens is 1. The van der Waals surface area contributed by atoms with Gasteiger partial charge in [-0.2, -0.15) is 5.10 Å². The molecule has 0 aliphatic carbocycles. The first-order valence-corrected chi connectivity index (χ1v) is 10.5. The van der Waals surface area contributed by atoms with Crippen LogP contribution >= 0.6 is 34.3 Å². The predicted molar refractivity (Wildman–Crippen MR) is 113 cm³/mol. The maximum absolute atomic E-state index is 12.3. The fourth-order valence-corrected chi connectivity index (χ4v) is 4.52. The number of aromatic amines is 1. The summed E-state index contributed by atoms with van der Waals surface area (Å²) in [5.41, 5.74) is 0.945. The van der Waals surface area contributed by atoms with Gasteiger partial charge in [0.1, 0.15) is 10.6 Å². The Labute approximate surface area is 173 Å². The number of fused-ring (bicyclic) bond motifs is 1. The van der Waals surface area contributed by atoms with E-state index >= 15 is 0 Å². The van der Waals surface area contributed by atoms with Crippen molar-refractivity contribution in [2.24, 2.45) is 0 Å². The summed E-state index contributed by atoms with van der Waals surface area (Å²) in [7, 11) is 0. The monoisotopic (exact) mass is 430 g/mol. The van der Waals surface area contributed by atoms with Gasteiger partial charge in [-0.15, -0.1) is 22.7 Å². The van der Waals surface area contributed by atoms with Crippen molar-refractivity contribution in [1.82, 2.24) is 15.5 Å². The Bertz CT molecular complexity index is 1130. The number of H-pyrrole nitrogens is 1. The fourth-order valence-electron chi connectivity index (χ4n) is 2.69. The van der Waals surface area contributed by atoms with E-state index in [0.717, 1.165) is 20.7 Å². The Morgan fingerprint density at radius 3 is 2.86 bits per heavy atom. The van der Waals surface area contributed by atoms with Crippen LogP contribution < -0.4 is 10.6 Å². The lowest BCUT2D eigenvalue weighted by Gasteiger charge is -2.05. The largest absolute Gasteiger partial charge is 0.352 e. The summed E-state index contributed by atoms with van der Waals surface area (Å²) in [6.45, 7) is 0.421. The molecule has 142 valence electrons. The van der Waals surface area contributed by atoms with Crippen molar-refractivity contribution in [3.8, 4) is 0 Å². The third-order valence-corrected chi connectivity index (χ3v) is 6.13. The van der Waals surface area contributed by atoms with Crippen LogP contribution in [0, 0.1) is 0 Å². The maximum atomic E-state index is 12.3. The van der Waals surface area contributed by atoms with Gasteiger partial charge in [0.2, 0.25) is 5.91 Å². The highest BCUT2D eigenvalue weighted by Crippen LogP contribution is 2.30. The number of thiophene rings is 2. The van der Waals surface area contributed by atoms with E-state index in [9.17, 15) is 9.59 Å². The van der Waals surface area contributed by atoms with Gasteiger partial charge in [-0.3, -0.25) is 14.7 Å². The van der Waals surface area contributed by atoms with E-state index in [1.54, 1.807) is 12.1 Å². The van der Waals surface area contributed by atoms with Crippen LogP contribution in [0.4, 0.5) is 5.82 Å². The molecule has 3 N–H and O–H groups in total. The highest BCUT2D eigenvalue weighted by atomic mass is 35.5. The van der Waals surface area contributed by atoms with Crippen LogP contribution in [0.3, 0.4) is 0 Å². The molecule has 0 aliphatic rings. The molecule has 6 nitrogen and oxygen atoms in total. The van der Waals surface area contributed by atoms with Crippen molar-refractivity contribution >= 4 is 62.1 Å². The number of anilines is 1. The second kappa shape index (κ2) is 8.14. The van der Waals surface area contributed by atoms with E-state index in [1.807, 2.05) is 35.7 Å². The SMILES string of the molecule is O=C(Cc1cc2c(NC(=O)c3cccs3)[nH]nc2s1)NCc1cccc(Cl)c1. The van der Waals surface area contributed by atoms with E-state index in [2.05, 4.69) is 20.8 Å². The molecule has 2 amide bonds. The average molecular weight is 431 g/mol. The number of amides is 2. The summed E-state index contributed by atoms with van der Waals surface area (Å²) in [6, 6.07) is 12.8. The van der Waals surface area contributed by atoms with Crippen molar-refractivity contribution in [2.45, 2.75) is 13.0 Å². The molecule has 0 bridgehead atoms. The van der Waals surface area contributed by atoms with Gasteiger partial charge in [-0.05, 0) is 35.2 Å². The quantitative estimate of drug-likeness (QED) is 0.422. The predicted octanol–water partition coefficient (Wildman–Crippen LogP) is 4.45. The van der Waals surface area contributed by atoms with Crippen LogP contribution in [0.25, 0.3) is 10.2 Å². The molecule has 3 heterocycles. The number of hydrogen-bond donors (Lipinski definition) is 3. The molecule has 9 heteroatoms. The molecule has 0 radical (unpaired) electrons. The zero-order valence-corrected chi connectivity index (χ0v) is 16.9. The zero-order chi connectivity index (χ0) is 19.5. The Morgan fingerprint density at radius 2 is 2.07 bits per heavy atom. The van der Waals surface area contributed by atoms with Crippen LogP contribution in [0.15, 0.2) is 47.8 Å². The first kappa shape index (κ1) is 18.7. The average Bonchev–Trinajstić information content (AvgIpc) is 3.39. The van der Waals surface area contributed by atoms with Gasteiger partial charge in [0.15, 0.2) is 0 Å². The molecule has 0 saturated carbocycles. The number of hydrogen-bond acceptors (Lipinski definition) is 5. The van der Waals surface area contributed by atoms with Crippen LogP contribution in [0.2, 0.25) is 5.02 Å². The lowest BCUT2D eigenvalue weighted by molar-refractivity contribution is -0.120. The van der Waals surface area contributed by atoms with Crippen molar-refractivity contribution in [3.05, 3.63) is 68.2 Å². The standard InChI is InChI=1S/C19H15ClN4O2S2/c20-12-4-1-3-11(7-12)10-21-16(25)9-13-8-14-17(23-24-19(14)28-13)22-18(26)15-5-2-6-27-15/h1-8H,9-10H2,(H,21,25)(H2,22,23,24,26). The maximum Gasteiger partial charge on any atom is 0.266 e. The van der Waals surface area contributed by atoms with Gasteiger partial charge in [0.05, 0.1) is 16.7 Å². The summed E-state index contributed by atoms with van der Waals surface area (Å²) in [4.78, 5) is 26.7. The van der Waals surface area contributed by atoms with Crippen LogP contribution in [0.1, 0.15) is 20.1 Å². The Morgan fingerprint density at radius 1 is 1.18 bits per heavy atom. The van der Waals surface area contributed by atoms with E-state index < -0.39 is 0 Å². The van der Waals surface area contributed by atoms with Crippen LogP contribution in [-0.4, -0.2) is 22.0 Å². The molecule has 3 aromatic heterocycles. The molecule has 4 rings (SSSR count). The van der Waals surface area contributed by atoms with Gasteiger partial charge < -0.3 is 10.6 Å². The summed E-state index contributed by atoms with van der Waals surface area (Å²) in [5, 5.41) is 16.1. The fraction of sp³-hybridized carbons (Fsp3) is 0.105. The number of aromatic nitrogens is 2. The highest BCUT2D eigenvalue weighted by Gasteiger charge is 2.15. The minimum atomic E-state index is -0.187. The second-order valence-corrected chi connectivity index (χ2v) is 8.54. The van der Waals surface area contributed by atoms with E-state index in [0.29, 0.717) is 22.3 Å². The second-order valence-electron chi connectivity index (χ2n) is 6.04. The Hall–Kier alpha value is -2.68. The summed E-state index contributed by atoms with van der Waals surface area (Å²) in [6.07, 6.45) is 0.250. The van der Waals surface area contributed by atoms with Gasteiger partial charge in [0, 0.05) is 16.4 Å². The highest BCUT2D eigenvalue weighted by molar-refractivity contribution is 7.18. The van der Waals surface area contributed by atoms with Crippen molar-refractivity contribution in [2.75, 3.05) is 5.32 Å². The van der Waals surface area contributed by atoms with E-state index in [-0.39, 0.29) is 18.2 Å². The molecule has 28 heavy (non-hydrogen) atoms. The Balaban J connectivity index is 1.40. The number of carbonyl (C=O) groups is 2. The minimum absolute atomic E-state index is 0.0861. The van der Waals surface area contributed by atoms with Crippen molar-refractivity contribution < 1.29 is 9.59 Å². The normalized spacial score (nSPS) is 10.9. The molecule has 0 spiro atoms. The number of nitrogens with one attached hydrogen (secondary N) is 3. The molecular weight excluding hydrogens is 416 g/mol. The van der Waals surface area contributed by atoms with Crippen molar-refractivity contribution in [1.29, 1.82) is 0 Å². The van der Waals surface area contributed by atoms with Gasteiger partial charge in [0.25, 0.3) is 5.91 Å². The molecule has 0 aliphatic heterocycles. The number of benzene rings is 1. The third kappa shape index (κ3) is 4.24. The van der Waals surface area contributed by atoms with E-state index in [4.69, 9.17) is 11.6 Å². The summed E-state index contributed by atoms with van der Waals surface area (Å²) in [5.74, 6) is 0.264. The van der Waals surface area contributed by atoms with Crippen LogP contribution in [-0.2, 0) is 17.8 Å². The number of nitrogens with zero attached hydrogens (tertiary/aromatic N) is 1. The molecular formula is C19H15ClN4O2S2. The van der Waals surface area contributed by atoms with Crippen LogP contribution in [0.5, 0.6) is 0 Å². The minimum Gasteiger partial charge on any atom is -0.352 e. The summed E-state index contributed by atoms with van der Waals surface area (Å²) >= 11 is 8.75. The van der Waals surface area contributed by atoms with Gasteiger partial charge in [-0.25, -0.2) is 0 Å². The summed E-state index contributed by atoms with van der Waals surface area (Å²) < 4.78 is 0. The zero-order valence-electron chi connectivity index (χ0n) is 14.5. The van der Waals surface area contributed by atoms with E-state index in [1.165, 1.54) is 22.7 Å². The number of carbonyl (C=O) groups excluding carboxylic acids is 2. The van der Waals surface area contributed by atoms with Gasteiger partial charge in [-0.1, -0.05) is 29.8 Å². The lowest BCUT2D eigenvalue weighted by Crippen LogP contribution is -2.24. The molecule has 0 fully saturated rings. The molecule has 0 unspecified atom stereocenters. The topological polar surface area (TPSA) is 86.9 Å². The molecule has 0 saturated heterocycles. The molecule has 4 aromatic rings.